The molecule has 18 heteroatoms. The molecule has 4 aromatic carbocycles. The minimum atomic E-state index is -1.24. The molecule has 82 heavy (non-hydrogen) atoms. The van der Waals surface area contributed by atoms with Gasteiger partial charge in [0, 0.05) is 85.9 Å². The number of hydrogen-bond acceptors (Lipinski definition) is 12. The zero-order valence-electron chi connectivity index (χ0n) is 47.1. The van der Waals surface area contributed by atoms with E-state index in [-0.39, 0.29) is 47.4 Å². The average molecular weight is 1110 g/mol. The van der Waals surface area contributed by atoms with Crippen molar-refractivity contribution in [1.82, 2.24) is 49.1 Å². The molecule has 6 aromatic heterocycles. The van der Waals surface area contributed by atoms with E-state index in [1.807, 2.05) is 74.8 Å². The molecule has 2 aliphatic carbocycles. The van der Waals surface area contributed by atoms with Crippen molar-refractivity contribution < 1.29 is 37.9 Å². The second kappa shape index (κ2) is 21.3. The van der Waals surface area contributed by atoms with Gasteiger partial charge in [-0.25, -0.2) is 18.1 Å². The summed E-state index contributed by atoms with van der Waals surface area (Å²) in [5.74, 6) is 0.577. The summed E-state index contributed by atoms with van der Waals surface area (Å²) in [5.41, 5.74) is 7.31. The van der Waals surface area contributed by atoms with E-state index in [2.05, 4.69) is 54.0 Å². The van der Waals surface area contributed by atoms with Gasteiger partial charge in [0.15, 0.2) is 11.6 Å². The van der Waals surface area contributed by atoms with Gasteiger partial charge in [0.1, 0.15) is 11.4 Å². The van der Waals surface area contributed by atoms with Crippen LogP contribution in [0.1, 0.15) is 99.6 Å². The Labute approximate surface area is 473 Å². The number of aromatic nitrogens is 10. The largest absolute Gasteiger partial charge is 0.478 e. The number of rotatable bonds is 14. The van der Waals surface area contributed by atoms with E-state index in [9.17, 15) is 10.2 Å². The first-order valence-corrected chi connectivity index (χ1v) is 28.6. The lowest BCUT2D eigenvalue weighted by Gasteiger charge is -2.33. The third kappa shape index (κ3) is 9.18. The molecule has 0 radical (unpaired) electrons. The number of benzene rings is 4. The quantitative estimate of drug-likeness (QED) is 0.106. The molecule has 0 spiro atoms. The summed E-state index contributed by atoms with van der Waals surface area (Å²) in [5, 5.41) is 41.0. The topological polar surface area (TPSA) is 174 Å². The molecule has 2 saturated carbocycles. The molecule has 2 N–H and O–H groups in total. The van der Waals surface area contributed by atoms with E-state index in [0.29, 0.717) is 82.8 Å². The Bertz CT molecular complexity index is 3730. The fourth-order valence-electron chi connectivity index (χ4n) is 13.5. The van der Waals surface area contributed by atoms with Crippen molar-refractivity contribution in [2.45, 2.75) is 88.5 Å². The first-order valence-electron chi connectivity index (χ1n) is 28.6. The zero-order valence-corrected chi connectivity index (χ0v) is 47.1. The molecule has 0 amide bonds. The van der Waals surface area contributed by atoms with E-state index in [0.717, 1.165) is 95.4 Å². The molecule has 4 fully saturated rings. The summed E-state index contributed by atoms with van der Waals surface area (Å²) in [6.45, 7) is 6.14. The number of pyridine rings is 2. The molecule has 14 rings (SSSR count). The Morgan fingerprint density at radius 3 is 1.28 bits per heavy atom. The maximum atomic E-state index is 17.0. The van der Waals surface area contributed by atoms with Crippen molar-refractivity contribution >= 4 is 43.9 Å². The van der Waals surface area contributed by atoms with Crippen LogP contribution in [0.3, 0.4) is 0 Å². The summed E-state index contributed by atoms with van der Waals surface area (Å²) in [6.07, 6.45) is 10.5. The fraction of sp³-hybridized carbons (Fsp3) is 0.406. The molecular formula is C64H68F2N10O6. The Balaban J connectivity index is 0.000000154. The van der Waals surface area contributed by atoms with Crippen LogP contribution >= 0.6 is 0 Å². The lowest BCUT2D eigenvalue weighted by Crippen LogP contribution is -2.28. The van der Waals surface area contributed by atoms with E-state index in [1.165, 1.54) is 0 Å². The number of hydrogen-bond donors (Lipinski definition) is 2. The van der Waals surface area contributed by atoms with Crippen molar-refractivity contribution in [3.8, 4) is 34.3 Å². The average Bonchev–Trinajstić information content (AvgIpc) is 3.44. The van der Waals surface area contributed by atoms with Gasteiger partial charge in [-0.3, -0.25) is 9.97 Å². The van der Waals surface area contributed by atoms with Crippen LogP contribution in [0.5, 0.6) is 11.8 Å². The lowest BCUT2D eigenvalue weighted by atomic mass is 9.86. The minimum Gasteiger partial charge on any atom is -0.478 e. The third-order valence-electron chi connectivity index (χ3n) is 18.1. The molecule has 8 heterocycles. The van der Waals surface area contributed by atoms with Crippen LogP contribution in [0.2, 0.25) is 0 Å². The number of aryl methyl sites for hydroxylation is 2. The number of nitrogens with zero attached hydrogens (tertiary/aromatic N) is 10. The zero-order chi connectivity index (χ0) is 56.6. The summed E-state index contributed by atoms with van der Waals surface area (Å²) in [4.78, 5) is 9.81. The molecule has 4 atom stereocenters. The van der Waals surface area contributed by atoms with E-state index in [4.69, 9.17) is 28.9 Å². The van der Waals surface area contributed by atoms with Crippen LogP contribution < -0.4 is 9.47 Å². The standard InChI is InChI=1S/2C32H34FN5O3/c2*1-32(39,22-9-10-22)24-12-11-23-27-25(17-21(18-34-27)29-31(40-3)35-36-37(29)2)38(30(23)26(24)33)28(19-7-5-4-6-8-19)20-13-15-41-16-14-20/h2*4-8,11-12,17-18,20,22,28,39H,9-10,13-16H2,1-3H3/t2*28-,32?/m11/s1. The first kappa shape index (κ1) is 53.7. The summed E-state index contributed by atoms with van der Waals surface area (Å²) < 4.78 is 64.0. The number of halogens is 2. The Morgan fingerprint density at radius 1 is 0.549 bits per heavy atom. The van der Waals surface area contributed by atoms with Crippen molar-refractivity contribution in [3.05, 3.63) is 143 Å². The van der Waals surface area contributed by atoms with Crippen LogP contribution in [0.25, 0.3) is 66.4 Å². The van der Waals surface area contributed by atoms with Crippen molar-refractivity contribution in [1.29, 1.82) is 0 Å². The molecule has 424 valence electrons. The van der Waals surface area contributed by atoms with Gasteiger partial charge in [-0.15, -0.1) is 0 Å². The molecule has 4 aliphatic rings. The predicted octanol–water partition coefficient (Wildman–Crippen LogP) is 11.5. The van der Waals surface area contributed by atoms with Gasteiger partial charge in [-0.1, -0.05) is 106 Å². The summed E-state index contributed by atoms with van der Waals surface area (Å²) >= 11 is 0. The maximum Gasteiger partial charge on any atom is 0.261 e. The number of fused-ring (bicyclic) bond motifs is 6. The second-order valence-corrected chi connectivity index (χ2v) is 23.2. The molecule has 10 aromatic rings. The van der Waals surface area contributed by atoms with Gasteiger partial charge in [0.2, 0.25) is 0 Å². The Morgan fingerprint density at radius 2 is 0.927 bits per heavy atom. The van der Waals surface area contributed by atoms with Gasteiger partial charge >= 0.3 is 0 Å². The Kier molecular flexibility index (Phi) is 13.9. The van der Waals surface area contributed by atoms with Crippen molar-refractivity contribution in [3.63, 3.8) is 0 Å². The van der Waals surface area contributed by atoms with Crippen LogP contribution in [0.15, 0.2) is 109 Å². The van der Waals surface area contributed by atoms with E-state index < -0.39 is 11.2 Å². The van der Waals surface area contributed by atoms with Gasteiger partial charge in [0.25, 0.3) is 11.8 Å². The van der Waals surface area contributed by atoms with Gasteiger partial charge in [0.05, 0.1) is 70.6 Å². The normalized spacial score (nSPS) is 18.6. The highest BCUT2D eigenvalue weighted by molar-refractivity contribution is 6.08. The monoisotopic (exact) mass is 1110 g/mol. The molecule has 2 aliphatic heterocycles. The molecule has 0 bridgehead atoms. The van der Waals surface area contributed by atoms with Gasteiger partial charge < -0.3 is 38.3 Å². The molecule has 16 nitrogen and oxygen atoms in total. The Hall–Kier alpha value is -7.64. The highest BCUT2D eigenvalue weighted by Crippen LogP contribution is 2.51. The van der Waals surface area contributed by atoms with Gasteiger partial charge in [-0.2, -0.15) is 0 Å². The van der Waals surface area contributed by atoms with E-state index in [1.54, 1.807) is 62.0 Å². The lowest BCUT2D eigenvalue weighted by molar-refractivity contribution is 0.0292. The SMILES string of the molecule is COc1nnn(C)c1-c1cnc2c3ccc(C(C)(O)C4CC4)c(F)c3n([C@H](c3ccccc3)C3CCOCC3)c2c1.COc1nnn(C)c1-c1cnc2c3ccc(C(C)(O)C4CC4)c(F)c3n([C@H](c3ccccc3)C3CCOCC3)c2c1. The van der Waals surface area contributed by atoms with E-state index >= 15 is 8.78 Å². The molecule has 2 unspecified atom stereocenters. The highest BCUT2D eigenvalue weighted by Gasteiger charge is 2.45. The first-order chi connectivity index (χ1) is 39.8. The second-order valence-electron chi connectivity index (χ2n) is 23.2. The van der Waals surface area contributed by atoms with Crippen molar-refractivity contribution in [2.75, 3.05) is 40.6 Å². The third-order valence-corrected chi connectivity index (χ3v) is 18.1. The summed E-state index contributed by atoms with van der Waals surface area (Å²) in [7, 11) is 6.75. The minimum absolute atomic E-state index is 0.0576. The smallest absolute Gasteiger partial charge is 0.261 e. The summed E-state index contributed by atoms with van der Waals surface area (Å²) in [6, 6.07) is 31.7. The highest BCUT2D eigenvalue weighted by atomic mass is 19.1. The van der Waals surface area contributed by atoms with Crippen LogP contribution in [0.4, 0.5) is 8.78 Å². The van der Waals surface area contributed by atoms with Crippen LogP contribution in [-0.4, -0.2) is 100.0 Å². The van der Waals surface area contributed by atoms with Gasteiger partial charge in [-0.05, 0) is 112 Å². The number of ether oxygens (including phenoxy) is 4. The fourth-order valence-corrected chi connectivity index (χ4v) is 13.5. The van der Waals surface area contributed by atoms with Crippen LogP contribution in [-0.2, 0) is 34.8 Å². The predicted molar refractivity (Wildman–Crippen MR) is 308 cm³/mol. The number of aliphatic hydroxyl groups is 2. The maximum absolute atomic E-state index is 17.0. The van der Waals surface area contributed by atoms with Crippen LogP contribution in [0, 0.1) is 35.3 Å². The van der Waals surface area contributed by atoms with Crippen molar-refractivity contribution in [2.24, 2.45) is 37.8 Å². The number of methoxy groups -OCH3 is 2. The molecule has 2 saturated heterocycles. The molecular weight excluding hydrogens is 1040 g/mol.